The normalized spacial score (nSPS) is 15.8. The fraction of sp³-hybridized carbons (Fsp3) is 0.200. The van der Waals surface area contributed by atoms with E-state index >= 15 is 0 Å². The van der Waals surface area contributed by atoms with Gasteiger partial charge in [-0.05, 0) is 23.8 Å². The van der Waals surface area contributed by atoms with E-state index in [0.717, 1.165) is 21.1 Å². The minimum atomic E-state index is -0.290. The number of ether oxygens (including phenoxy) is 1. The number of halogens is 1. The van der Waals surface area contributed by atoms with Crippen molar-refractivity contribution in [1.82, 2.24) is 4.98 Å². The second kappa shape index (κ2) is 7.36. The van der Waals surface area contributed by atoms with E-state index in [1.807, 2.05) is 30.3 Å². The van der Waals surface area contributed by atoms with Gasteiger partial charge in [-0.1, -0.05) is 41.7 Å². The quantitative estimate of drug-likeness (QED) is 0.686. The molecule has 1 aliphatic heterocycles. The van der Waals surface area contributed by atoms with Crippen LogP contribution in [0.15, 0.2) is 48.5 Å². The van der Waals surface area contributed by atoms with Crippen molar-refractivity contribution in [3.63, 3.8) is 0 Å². The number of amides is 1. The van der Waals surface area contributed by atoms with E-state index in [4.69, 9.17) is 4.74 Å². The molecule has 7 heteroatoms. The molecule has 2 aromatic carbocycles. The molecule has 1 unspecified atom stereocenters. The van der Waals surface area contributed by atoms with E-state index in [9.17, 15) is 9.18 Å². The van der Waals surface area contributed by atoms with Crippen LogP contribution in [0.25, 0.3) is 0 Å². The Labute approximate surface area is 160 Å². The molecule has 1 atom stereocenters. The number of nitrogens with one attached hydrogen (secondary N) is 2. The molecule has 138 valence electrons. The third kappa shape index (κ3) is 3.64. The molecule has 2 N–H and O–H groups in total. The number of carbonyl (C=O) groups is 1. The largest absolute Gasteiger partial charge is 0.489 e. The maximum atomic E-state index is 13.4. The molecule has 4 rings (SSSR count). The lowest BCUT2D eigenvalue weighted by atomic mass is 9.91. The first-order valence-electron chi connectivity index (χ1n) is 8.58. The molecule has 27 heavy (non-hydrogen) atoms. The van der Waals surface area contributed by atoms with Crippen molar-refractivity contribution < 1.29 is 13.9 Å². The summed E-state index contributed by atoms with van der Waals surface area (Å²) in [5.41, 5.74) is 1.68. The first-order valence-corrected chi connectivity index (χ1v) is 9.40. The van der Waals surface area contributed by atoms with Gasteiger partial charge in [0.2, 0.25) is 5.91 Å². The number of para-hydroxylation sites is 1. The minimum Gasteiger partial charge on any atom is -0.489 e. The predicted octanol–water partition coefficient (Wildman–Crippen LogP) is 4.38. The lowest BCUT2D eigenvalue weighted by Crippen LogP contribution is -2.23. The maximum Gasteiger partial charge on any atom is 0.226 e. The number of rotatable bonds is 5. The summed E-state index contributed by atoms with van der Waals surface area (Å²) in [6.07, 6.45) is 0.332. The number of benzene rings is 2. The van der Waals surface area contributed by atoms with Gasteiger partial charge in [0.15, 0.2) is 5.13 Å². The van der Waals surface area contributed by atoms with Crippen LogP contribution in [0.1, 0.15) is 28.3 Å². The molecular weight excluding hydrogens is 365 g/mol. The van der Waals surface area contributed by atoms with E-state index in [0.29, 0.717) is 18.0 Å². The molecule has 3 aromatic rings. The van der Waals surface area contributed by atoms with E-state index in [2.05, 4.69) is 15.6 Å². The number of hydrogen-bond donors (Lipinski definition) is 2. The van der Waals surface area contributed by atoms with Crippen molar-refractivity contribution in [3.8, 4) is 5.75 Å². The van der Waals surface area contributed by atoms with Crippen LogP contribution < -0.4 is 15.4 Å². The predicted molar refractivity (Wildman–Crippen MR) is 104 cm³/mol. The summed E-state index contributed by atoms with van der Waals surface area (Å²) in [7, 11) is 1.80. The molecule has 0 bridgehead atoms. The van der Waals surface area contributed by atoms with Crippen LogP contribution in [0.4, 0.5) is 15.3 Å². The van der Waals surface area contributed by atoms with Crippen molar-refractivity contribution in [3.05, 3.63) is 70.4 Å². The SMILES string of the molecule is CNc1nc2c(s1)C(c1ccccc1OCc1cccc(F)c1)CC(=O)N2. The van der Waals surface area contributed by atoms with Gasteiger partial charge in [0.05, 0.1) is 4.88 Å². The number of nitrogens with zero attached hydrogens (tertiary/aromatic N) is 1. The molecular formula is C20H18FN3O2S. The standard InChI is InChI=1S/C20H18FN3O2S/c1-22-20-24-19-18(27-20)15(10-17(25)23-19)14-7-2-3-8-16(14)26-11-12-5-4-6-13(21)9-12/h2-9,15H,10-11H2,1H3,(H,22,24)(H,23,25). The van der Waals surface area contributed by atoms with Gasteiger partial charge in [-0.15, -0.1) is 0 Å². The van der Waals surface area contributed by atoms with Crippen LogP contribution in [0, 0.1) is 5.82 Å². The summed E-state index contributed by atoms with van der Waals surface area (Å²) in [5, 5.41) is 6.62. The van der Waals surface area contributed by atoms with Crippen LogP contribution in [0.3, 0.4) is 0 Å². The summed E-state index contributed by atoms with van der Waals surface area (Å²) in [6, 6.07) is 14.0. The fourth-order valence-corrected chi connectivity index (χ4v) is 4.16. The van der Waals surface area contributed by atoms with E-state index in [1.165, 1.54) is 23.5 Å². The van der Waals surface area contributed by atoms with E-state index in [-0.39, 0.29) is 24.2 Å². The minimum absolute atomic E-state index is 0.0691. The fourth-order valence-electron chi connectivity index (χ4n) is 3.16. The van der Waals surface area contributed by atoms with Crippen molar-refractivity contribution in [1.29, 1.82) is 0 Å². The van der Waals surface area contributed by atoms with Crippen LogP contribution in [0.5, 0.6) is 5.75 Å². The summed E-state index contributed by atoms with van der Waals surface area (Å²) in [4.78, 5) is 17.6. The highest BCUT2D eigenvalue weighted by atomic mass is 32.1. The van der Waals surface area contributed by atoms with E-state index in [1.54, 1.807) is 13.1 Å². The average Bonchev–Trinajstić information content (AvgIpc) is 3.09. The number of hydrogen-bond acceptors (Lipinski definition) is 5. The Morgan fingerprint density at radius 1 is 1.30 bits per heavy atom. The third-order valence-corrected chi connectivity index (χ3v) is 5.60. The Morgan fingerprint density at radius 3 is 2.96 bits per heavy atom. The summed E-state index contributed by atoms with van der Waals surface area (Å²) in [6.45, 7) is 0.255. The average molecular weight is 383 g/mol. The second-order valence-corrected chi connectivity index (χ2v) is 7.27. The van der Waals surface area contributed by atoms with Gasteiger partial charge in [-0.2, -0.15) is 0 Å². The molecule has 0 saturated carbocycles. The van der Waals surface area contributed by atoms with Crippen molar-refractivity contribution in [2.45, 2.75) is 18.9 Å². The molecule has 0 spiro atoms. The molecule has 0 saturated heterocycles. The molecule has 2 heterocycles. The summed E-state index contributed by atoms with van der Waals surface area (Å²) < 4.78 is 19.4. The topological polar surface area (TPSA) is 63.3 Å². The Balaban J connectivity index is 1.65. The summed E-state index contributed by atoms with van der Waals surface area (Å²) >= 11 is 1.52. The smallest absolute Gasteiger partial charge is 0.226 e. The zero-order valence-electron chi connectivity index (χ0n) is 14.7. The molecule has 5 nitrogen and oxygen atoms in total. The van der Waals surface area contributed by atoms with Crippen molar-refractivity contribution in [2.24, 2.45) is 0 Å². The van der Waals surface area contributed by atoms with Crippen LogP contribution >= 0.6 is 11.3 Å². The summed E-state index contributed by atoms with van der Waals surface area (Å²) in [5.74, 6) is 0.803. The Bertz CT molecular complexity index is 989. The zero-order chi connectivity index (χ0) is 18.8. The van der Waals surface area contributed by atoms with Crippen molar-refractivity contribution >= 4 is 28.2 Å². The highest BCUT2D eigenvalue weighted by Gasteiger charge is 2.31. The number of carbonyl (C=O) groups excluding carboxylic acids is 1. The Hall–Kier alpha value is -2.93. The Kier molecular flexibility index (Phi) is 4.77. The van der Waals surface area contributed by atoms with Gasteiger partial charge >= 0.3 is 0 Å². The van der Waals surface area contributed by atoms with E-state index < -0.39 is 0 Å². The second-order valence-electron chi connectivity index (χ2n) is 6.24. The lowest BCUT2D eigenvalue weighted by Gasteiger charge is -2.23. The highest BCUT2D eigenvalue weighted by Crippen LogP contribution is 2.44. The van der Waals surface area contributed by atoms with Crippen LogP contribution in [-0.2, 0) is 11.4 Å². The zero-order valence-corrected chi connectivity index (χ0v) is 15.5. The van der Waals surface area contributed by atoms with Crippen molar-refractivity contribution in [2.75, 3.05) is 17.7 Å². The molecule has 0 aliphatic carbocycles. The van der Waals surface area contributed by atoms with Gasteiger partial charge in [0, 0.05) is 24.9 Å². The first kappa shape index (κ1) is 17.5. The van der Waals surface area contributed by atoms with Gasteiger partial charge in [0.25, 0.3) is 0 Å². The molecule has 1 amide bonds. The van der Waals surface area contributed by atoms with Gasteiger partial charge < -0.3 is 15.4 Å². The molecule has 1 aliphatic rings. The number of fused-ring (bicyclic) bond motifs is 1. The van der Waals surface area contributed by atoms with Gasteiger partial charge in [-0.3, -0.25) is 4.79 Å². The Morgan fingerprint density at radius 2 is 2.15 bits per heavy atom. The highest BCUT2D eigenvalue weighted by molar-refractivity contribution is 7.16. The number of aromatic nitrogens is 1. The number of thiazole rings is 1. The van der Waals surface area contributed by atoms with Gasteiger partial charge in [0.1, 0.15) is 24.0 Å². The third-order valence-electron chi connectivity index (χ3n) is 4.41. The molecule has 0 radical (unpaired) electrons. The molecule has 0 fully saturated rings. The van der Waals surface area contributed by atoms with Crippen LogP contribution in [0.2, 0.25) is 0 Å². The monoisotopic (exact) mass is 383 g/mol. The first-order chi connectivity index (χ1) is 13.1. The van der Waals surface area contributed by atoms with Crippen LogP contribution in [-0.4, -0.2) is 17.9 Å². The maximum absolute atomic E-state index is 13.4. The lowest BCUT2D eigenvalue weighted by molar-refractivity contribution is -0.116. The molecule has 1 aromatic heterocycles. The number of anilines is 2. The van der Waals surface area contributed by atoms with Gasteiger partial charge in [-0.25, -0.2) is 9.37 Å².